The predicted octanol–water partition coefficient (Wildman–Crippen LogP) is -7.47. The van der Waals surface area contributed by atoms with E-state index < -0.39 is 41.5 Å². The van der Waals surface area contributed by atoms with Crippen LogP contribution in [-0.4, -0.2) is 63.5 Å². The molecular formula is C6H4Na2O8PbS2. The molecule has 0 aliphatic heterocycles. The van der Waals surface area contributed by atoms with Crippen molar-refractivity contribution >= 4 is 47.5 Å². The maximum Gasteiger partial charge on any atom is 1.00 e. The van der Waals surface area contributed by atoms with Gasteiger partial charge in [0.2, 0.25) is 0 Å². The van der Waals surface area contributed by atoms with E-state index in [-0.39, 0.29) is 92.5 Å². The van der Waals surface area contributed by atoms with Gasteiger partial charge in [0.1, 0.15) is 25.1 Å². The Balaban J connectivity index is -0.000000853. The molecule has 0 saturated heterocycles. The molecule has 0 aliphatic carbocycles. The summed E-state index contributed by atoms with van der Waals surface area (Å²) < 4.78 is 63.3. The summed E-state index contributed by atoms with van der Waals surface area (Å²) in [6.07, 6.45) is 0. The summed E-state index contributed by atoms with van der Waals surface area (Å²) >= 11 is 0. The zero-order valence-corrected chi connectivity index (χ0v) is 19.3. The topological polar surface area (TPSA) is 155 Å². The first-order valence-electron chi connectivity index (χ1n) is 3.51. The molecule has 0 unspecified atom stereocenters. The molecule has 0 saturated carbocycles. The molecule has 0 amide bonds. The largest absolute Gasteiger partial charge is 1.00 e. The van der Waals surface area contributed by atoms with E-state index in [2.05, 4.69) is 0 Å². The Morgan fingerprint density at radius 1 is 0.895 bits per heavy atom. The van der Waals surface area contributed by atoms with Gasteiger partial charge in [0.05, 0.1) is 4.90 Å². The summed E-state index contributed by atoms with van der Waals surface area (Å²) in [5, 5.41) is 17.9. The molecule has 1 aromatic rings. The smallest absolute Gasteiger partial charge is 0.744 e. The van der Waals surface area contributed by atoms with E-state index in [1.807, 2.05) is 0 Å². The average Bonchev–Trinajstić information content (AvgIpc) is 2.05. The van der Waals surface area contributed by atoms with Crippen molar-refractivity contribution in [3.05, 3.63) is 12.1 Å². The van der Waals surface area contributed by atoms with Crippen molar-refractivity contribution < 1.29 is 95.3 Å². The Kier molecular flexibility index (Phi) is 11.9. The first-order valence-corrected chi connectivity index (χ1v) is 6.33. The molecule has 1 aromatic carbocycles. The Morgan fingerprint density at radius 2 is 1.32 bits per heavy atom. The summed E-state index contributed by atoms with van der Waals surface area (Å²) in [6.45, 7) is 0. The molecule has 8 nitrogen and oxygen atoms in total. The fourth-order valence-electron chi connectivity index (χ4n) is 0.903. The Hall–Kier alpha value is 1.56. The van der Waals surface area contributed by atoms with Gasteiger partial charge in [0.15, 0.2) is 11.5 Å². The van der Waals surface area contributed by atoms with Crippen LogP contribution in [0.3, 0.4) is 0 Å². The molecule has 0 bridgehead atoms. The molecule has 0 heterocycles. The molecule has 13 heteroatoms. The molecule has 0 aliphatic rings. The summed E-state index contributed by atoms with van der Waals surface area (Å²) in [5.41, 5.74) is 0. The first-order chi connectivity index (χ1) is 7.03. The van der Waals surface area contributed by atoms with Gasteiger partial charge in [-0.25, -0.2) is 16.8 Å². The summed E-state index contributed by atoms with van der Waals surface area (Å²) in [6, 6.07) is 0.520. The second-order valence-electron chi connectivity index (χ2n) is 2.70. The van der Waals surface area contributed by atoms with Crippen LogP contribution in [0.4, 0.5) is 0 Å². The van der Waals surface area contributed by atoms with Crippen molar-refractivity contribution in [1.82, 2.24) is 0 Å². The van der Waals surface area contributed by atoms with Gasteiger partial charge in [-0.3, -0.25) is 0 Å². The number of hydrogen-bond donors (Lipinski definition) is 2. The average molecular weight is 521 g/mol. The zero-order chi connectivity index (χ0) is 12.7. The standard InChI is InChI=1S/C6H6O8S2.2Na.Pb/c7-4-1-3(15(9,10)11)2-5(6(4)8)16(12,13)14;;;/h1-2,7-8H,(H,9,10,11)(H,12,13,14);;;/q;2*+1;/p-2. The third-order valence-corrected chi connectivity index (χ3v) is 3.25. The van der Waals surface area contributed by atoms with Crippen LogP contribution in [0.1, 0.15) is 0 Å². The van der Waals surface area contributed by atoms with Crippen molar-refractivity contribution in [2.45, 2.75) is 9.79 Å². The molecule has 1 rings (SSSR count). The molecular weight excluding hydrogens is 517 g/mol. The van der Waals surface area contributed by atoms with E-state index >= 15 is 0 Å². The minimum absolute atomic E-state index is 0. The van der Waals surface area contributed by atoms with Crippen LogP contribution in [0.25, 0.3) is 0 Å². The number of phenolic OH excluding ortho intramolecular Hbond substituents is 2. The van der Waals surface area contributed by atoms with E-state index in [1.165, 1.54) is 0 Å². The van der Waals surface area contributed by atoms with Crippen LogP contribution in [-0.2, 0) is 20.2 Å². The van der Waals surface area contributed by atoms with Gasteiger partial charge in [0, 0.05) is 33.4 Å². The maximum absolute atomic E-state index is 10.6. The van der Waals surface area contributed by atoms with Crippen molar-refractivity contribution in [2.75, 3.05) is 0 Å². The number of phenols is 2. The van der Waals surface area contributed by atoms with Crippen LogP contribution < -0.4 is 59.1 Å². The van der Waals surface area contributed by atoms with Gasteiger partial charge in [-0.2, -0.15) is 0 Å². The number of hydrogen-bond acceptors (Lipinski definition) is 8. The van der Waals surface area contributed by atoms with E-state index in [0.717, 1.165) is 0 Å². The fraction of sp³-hybridized carbons (Fsp3) is 0. The molecule has 0 aromatic heterocycles. The van der Waals surface area contributed by atoms with E-state index in [4.69, 9.17) is 10.2 Å². The number of aromatic hydroxyl groups is 2. The fourth-order valence-corrected chi connectivity index (χ4v) is 2.11. The van der Waals surface area contributed by atoms with E-state index in [0.29, 0.717) is 6.07 Å². The van der Waals surface area contributed by atoms with Gasteiger partial charge < -0.3 is 19.3 Å². The second-order valence-corrected chi connectivity index (χ2v) is 5.43. The molecule has 0 fully saturated rings. The minimum atomic E-state index is -5.20. The van der Waals surface area contributed by atoms with Gasteiger partial charge in [-0.15, -0.1) is 0 Å². The maximum atomic E-state index is 10.6. The van der Waals surface area contributed by atoms with E-state index in [9.17, 15) is 25.9 Å². The van der Waals surface area contributed by atoms with Crippen molar-refractivity contribution in [3.8, 4) is 11.5 Å². The second kappa shape index (κ2) is 8.87. The van der Waals surface area contributed by atoms with Gasteiger partial charge in [0.25, 0.3) is 0 Å². The van der Waals surface area contributed by atoms with Crippen molar-refractivity contribution in [2.24, 2.45) is 0 Å². The molecule has 4 radical (unpaired) electrons. The van der Waals surface area contributed by atoms with Crippen molar-refractivity contribution in [3.63, 3.8) is 0 Å². The van der Waals surface area contributed by atoms with Crippen LogP contribution >= 0.6 is 0 Å². The van der Waals surface area contributed by atoms with Gasteiger partial charge in [-0.1, -0.05) is 0 Å². The molecule has 19 heavy (non-hydrogen) atoms. The van der Waals surface area contributed by atoms with Crippen LogP contribution in [0.5, 0.6) is 11.5 Å². The van der Waals surface area contributed by atoms with Crippen LogP contribution in [0.2, 0.25) is 0 Å². The van der Waals surface area contributed by atoms with Gasteiger partial charge in [-0.05, 0) is 6.07 Å². The molecule has 94 valence electrons. The zero-order valence-electron chi connectivity index (χ0n) is 9.82. The molecule has 2 N–H and O–H groups in total. The Morgan fingerprint density at radius 3 is 1.63 bits per heavy atom. The minimum Gasteiger partial charge on any atom is -0.744 e. The predicted molar refractivity (Wildman–Crippen MR) is 51.5 cm³/mol. The third kappa shape index (κ3) is 6.90. The quantitative estimate of drug-likeness (QED) is 0.221. The number of benzene rings is 1. The van der Waals surface area contributed by atoms with E-state index in [1.54, 1.807) is 0 Å². The Labute approximate surface area is 173 Å². The van der Waals surface area contributed by atoms with Crippen LogP contribution in [0, 0.1) is 0 Å². The SMILES string of the molecule is O=S(=O)([O-])c1cc(O)c(O)c(S(=O)(=O)[O-])c1.[Na+].[Na+].[Pb]. The van der Waals surface area contributed by atoms with Crippen molar-refractivity contribution in [1.29, 1.82) is 0 Å². The normalized spacial score (nSPS) is 10.6. The summed E-state index contributed by atoms with van der Waals surface area (Å²) in [7, 11) is -10.3. The molecule has 0 atom stereocenters. The number of rotatable bonds is 2. The third-order valence-electron chi connectivity index (χ3n) is 1.59. The first kappa shape index (κ1) is 25.5. The summed E-state index contributed by atoms with van der Waals surface area (Å²) in [4.78, 5) is -2.50. The summed E-state index contributed by atoms with van der Waals surface area (Å²) in [5.74, 6) is -2.49. The van der Waals surface area contributed by atoms with Gasteiger partial charge >= 0.3 is 59.1 Å². The molecule has 0 spiro atoms. The monoisotopic (exact) mass is 522 g/mol. The Bertz CT molecular complexity index is 641. The van der Waals surface area contributed by atoms with Crippen LogP contribution in [0.15, 0.2) is 21.9 Å².